The number of pyridine rings is 1. The summed E-state index contributed by atoms with van der Waals surface area (Å²) in [6.45, 7) is 2.36. The standard InChI is InChI=1S/C19H17F3N8OS/c1-9-14(16(21)22)26-18(32-9)12-7-23-27-15(12)17(31)24-11-3-5-30-13(6-11)25-19(28-30)29-4-2-10(20)8-29/h3,5-7,10,16H,2,4,8H2,1H3,(H,23,27)(H,24,31). The minimum Gasteiger partial charge on any atom is -0.336 e. The molecule has 0 aliphatic carbocycles. The Kier molecular flexibility index (Phi) is 5.04. The van der Waals surface area contributed by atoms with E-state index in [4.69, 9.17) is 0 Å². The SMILES string of the molecule is Cc1sc(-c2cn[nH]c2C(=O)Nc2ccn3nc(N4CCC(F)C4)nc3c2)nc1C(F)F. The van der Waals surface area contributed by atoms with Crippen LogP contribution in [0.15, 0.2) is 24.5 Å². The molecule has 32 heavy (non-hydrogen) atoms. The highest BCUT2D eigenvalue weighted by Gasteiger charge is 2.25. The highest BCUT2D eigenvalue weighted by Crippen LogP contribution is 2.33. The van der Waals surface area contributed by atoms with Crippen LogP contribution in [0.2, 0.25) is 0 Å². The number of carbonyl (C=O) groups excluding carboxylic acids is 1. The van der Waals surface area contributed by atoms with Crippen LogP contribution in [-0.2, 0) is 0 Å². The molecule has 0 spiro atoms. The Hall–Kier alpha value is -3.48. The average molecular weight is 462 g/mol. The second-order valence-corrected chi connectivity index (χ2v) is 8.54. The van der Waals surface area contributed by atoms with E-state index in [1.54, 1.807) is 34.7 Å². The summed E-state index contributed by atoms with van der Waals surface area (Å²) in [5.74, 6) is -0.0775. The van der Waals surface area contributed by atoms with Gasteiger partial charge in [0, 0.05) is 29.4 Å². The maximum Gasteiger partial charge on any atom is 0.281 e. The van der Waals surface area contributed by atoms with Gasteiger partial charge in [-0.05, 0) is 19.4 Å². The molecule has 0 aromatic carbocycles. The summed E-state index contributed by atoms with van der Waals surface area (Å²) in [6, 6.07) is 3.28. The van der Waals surface area contributed by atoms with E-state index in [0.717, 1.165) is 11.3 Å². The molecule has 2 N–H and O–H groups in total. The van der Waals surface area contributed by atoms with Crippen molar-refractivity contribution in [2.75, 3.05) is 23.3 Å². The Balaban J connectivity index is 1.37. The van der Waals surface area contributed by atoms with Gasteiger partial charge >= 0.3 is 0 Å². The quantitative estimate of drug-likeness (QED) is 0.470. The van der Waals surface area contributed by atoms with Gasteiger partial charge in [-0.2, -0.15) is 10.1 Å². The molecule has 4 aromatic rings. The van der Waals surface area contributed by atoms with Crippen LogP contribution >= 0.6 is 11.3 Å². The molecule has 1 amide bonds. The molecule has 13 heteroatoms. The summed E-state index contributed by atoms with van der Waals surface area (Å²) in [4.78, 5) is 23.4. The zero-order valence-electron chi connectivity index (χ0n) is 16.7. The van der Waals surface area contributed by atoms with Crippen LogP contribution in [0.1, 0.15) is 33.9 Å². The van der Waals surface area contributed by atoms with Crippen LogP contribution in [0.3, 0.4) is 0 Å². The number of rotatable bonds is 5. The lowest BCUT2D eigenvalue weighted by atomic mass is 10.2. The lowest BCUT2D eigenvalue weighted by Gasteiger charge is -2.10. The number of fused-ring (bicyclic) bond motifs is 1. The van der Waals surface area contributed by atoms with Gasteiger partial charge in [0.05, 0.1) is 18.3 Å². The van der Waals surface area contributed by atoms with Gasteiger partial charge < -0.3 is 10.2 Å². The van der Waals surface area contributed by atoms with Crippen molar-refractivity contribution < 1.29 is 18.0 Å². The fourth-order valence-corrected chi connectivity index (χ4v) is 4.46. The molecule has 9 nitrogen and oxygen atoms in total. The fraction of sp³-hybridized carbons (Fsp3) is 0.316. The second kappa shape index (κ2) is 7.89. The molecule has 0 radical (unpaired) electrons. The van der Waals surface area contributed by atoms with Crippen molar-refractivity contribution in [1.82, 2.24) is 29.8 Å². The van der Waals surface area contributed by atoms with Crippen molar-refractivity contribution in [3.8, 4) is 10.6 Å². The number of aromatic nitrogens is 6. The summed E-state index contributed by atoms with van der Waals surface area (Å²) in [6.07, 6.45) is -0.123. The first kappa shape index (κ1) is 20.4. The Labute approximate surface area is 183 Å². The predicted molar refractivity (Wildman–Crippen MR) is 112 cm³/mol. The lowest BCUT2D eigenvalue weighted by molar-refractivity contribution is 0.102. The third-order valence-electron chi connectivity index (χ3n) is 5.13. The van der Waals surface area contributed by atoms with Crippen LogP contribution in [0, 0.1) is 6.92 Å². The summed E-state index contributed by atoms with van der Waals surface area (Å²) in [5.41, 5.74) is 1.08. The Morgan fingerprint density at radius 1 is 1.38 bits per heavy atom. The second-order valence-electron chi connectivity index (χ2n) is 7.34. The van der Waals surface area contributed by atoms with Crippen LogP contribution in [0.25, 0.3) is 16.2 Å². The first-order valence-electron chi connectivity index (χ1n) is 9.75. The van der Waals surface area contributed by atoms with E-state index in [9.17, 15) is 18.0 Å². The zero-order chi connectivity index (χ0) is 22.4. The molecular weight excluding hydrogens is 445 g/mol. The lowest BCUT2D eigenvalue weighted by Crippen LogP contribution is -2.21. The number of alkyl halides is 3. The molecule has 5 heterocycles. The highest BCUT2D eigenvalue weighted by atomic mass is 32.1. The summed E-state index contributed by atoms with van der Waals surface area (Å²) in [5, 5.41) is 13.9. The number of hydrogen-bond donors (Lipinski definition) is 2. The van der Waals surface area contributed by atoms with Gasteiger partial charge in [0.1, 0.15) is 22.6 Å². The molecule has 1 aliphatic rings. The molecular formula is C19H17F3N8OS. The number of carbonyl (C=O) groups is 1. The van der Waals surface area contributed by atoms with Gasteiger partial charge in [0.15, 0.2) is 5.65 Å². The van der Waals surface area contributed by atoms with Crippen LogP contribution in [0.5, 0.6) is 0 Å². The van der Waals surface area contributed by atoms with Crippen LogP contribution < -0.4 is 10.2 Å². The van der Waals surface area contributed by atoms with Crippen molar-refractivity contribution in [2.45, 2.75) is 25.9 Å². The van der Waals surface area contributed by atoms with Crippen LogP contribution in [0.4, 0.5) is 24.8 Å². The molecule has 5 rings (SSSR count). The number of H-pyrrole nitrogens is 1. The van der Waals surface area contributed by atoms with Gasteiger partial charge in [-0.3, -0.25) is 9.89 Å². The maximum absolute atomic E-state index is 13.5. The summed E-state index contributed by atoms with van der Waals surface area (Å²) >= 11 is 1.07. The van der Waals surface area contributed by atoms with E-state index in [-0.39, 0.29) is 22.9 Å². The zero-order valence-corrected chi connectivity index (χ0v) is 17.5. The molecule has 1 atom stereocenters. The van der Waals surface area contributed by atoms with Gasteiger partial charge in [0.2, 0.25) is 5.95 Å². The number of anilines is 2. The Morgan fingerprint density at radius 2 is 2.22 bits per heavy atom. The third-order valence-corrected chi connectivity index (χ3v) is 6.15. The largest absolute Gasteiger partial charge is 0.336 e. The number of aryl methyl sites for hydroxylation is 1. The van der Waals surface area contributed by atoms with E-state index in [2.05, 4.69) is 30.6 Å². The fourth-order valence-electron chi connectivity index (χ4n) is 3.52. The summed E-state index contributed by atoms with van der Waals surface area (Å²) in [7, 11) is 0. The molecule has 0 bridgehead atoms. The van der Waals surface area contributed by atoms with E-state index in [1.807, 2.05) is 0 Å². The van der Waals surface area contributed by atoms with Gasteiger partial charge in [0.25, 0.3) is 12.3 Å². The number of nitrogens with zero attached hydrogens (tertiary/aromatic N) is 6. The van der Waals surface area contributed by atoms with E-state index < -0.39 is 18.5 Å². The molecule has 1 aliphatic heterocycles. The first-order valence-corrected chi connectivity index (χ1v) is 10.6. The van der Waals surface area contributed by atoms with Crippen molar-refractivity contribution >= 4 is 34.5 Å². The van der Waals surface area contributed by atoms with Crippen molar-refractivity contribution in [3.05, 3.63) is 40.8 Å². The smallest absolute Gasteiger partial charge is 0.281 e. The Bertz CT molecular complexity index is 1300. The summed E-state index contributed by atoms with van der Waals surface area (Å²) < 4.78 is 41.2. The van der Waals surface area contributed by atoms with E-state index in [1.165, 1.54) is 6.20 Å². The molecule has 4 aromatic heterocycles. The molecule has 1 fully saturated rings. The highest BCUT2D eigenvalue weighted by molar-refractivity contribution is 7.15. The average Bonchev–Trinajstić information content (AvgIpc) is 3.52. The minimum absolute atomic E-state index is 0.104. The topological polar surface area (TPSA) is 104 Å². The number of halogens is 3. The molecule has 1 saturated heterocycles. The Morgan fingerprint density at radius 3 is 2.94 bits per heavy atom. The van der Waals surface area contributed by atoms with Gasteiger partial charge in [-0.15, -0.1) is 16.4 Å². The monoisotopic (exact) mass is 462 g/mol. The van der Waals surface area contributed by atoms with Gasteiger partial charge in [-0.1, -0.05) is 0 Å². The minimum atomic E-state index is -2.69. The third kappa shape index (κ3) is 3.68. The number of hydrogen-bond acceptors (Lipinski definition) is 7. The first-order chi connectivity index (χ1) is 15.4. The number of aromatic amines is 1. The predicted octanol–water partition coefficient (Wildman–Crippen LogP) is 3.62. The van der Waals surface area contributed by atoms with E-state index in [0.29, 0.717) is 40.7 Å². The number of nitrogens with one attached hydrogen (secondary N) is 2. The van der Waals surface area contributed by atoms with Crippen molar-refractivity contribution in [3.63, 3.8) is 0 Å². The number of thiazole rings is 1. The van der Waals surface area contributed by atoms with Crippen molar-refractivity contribution in [2.24, 2.45) is 0 Å². The molecule has 1 unspecified atom stereocenters. The van der Waals surface area contributed by atoms with E-state index >= 15 is 0 Å². The normalized spacial score (nSPS) is 16.4. The maximum atomic E-state index is 13.5. The molecule has 0 saturated carbocycles. The van der Waals surface area contributed by atoms with Gasteiger partial charge in [-0.25, -0.2) is 22.7 Å². The number of amides is 1. The van der Waals surface area contributed by atoms with Crippen LogP contribution in [-0.4, -0.2) is 54.9 Å². The molecule has 166 valence electrons. The van der Waals surface area contributed by atoms with Crippen molar-refractivity contribution in [1.29, 1.82) is 0 Å².